The minimum absolute atomic E-state index is 0.101. The highest BCUT2D eigenvalue weighted by molar-refractivity contribution is 9.10. The van der Waals surface area contributed by atoms with E-state index in [1.165, 1.54) is 7.11 Å². The number of halogens is 2. The van der Waals surface area contributed by atoms with Crippen molar-refractivity contribution in [2.24, 2.45) is 0 Å². The maximum Gasteiger partial charge on any atom is 0.272 e. The molecule has 0 saturated heterocycles. The van der Waals surface area contributed by atoms with Crippen molar-refractivity contribution in [3.8, 4) is 5.88 Å². The van der Waals surface area contributed by atoms with Gasteiger partial charge in [-0.05, 0) is 65.2 Å². The normalized spacial score (nSPS) is 11.9. The topological polar surface area (TPSA) is 42.4 Å². The average Bonchev–Trinajstić information content (AvgIpc) is 2.53. The summed E-state index contributed by atoms with van der Waals surface area (Å²) >= 11 is 9.33. The molecule has 4 nitrogen and oxygen atoms in total. The minimum Gasteiger partial charge on any atom is -0.480 e. The van der Waals surface area contributed by atoms with Crippen molar-refractivity contribution in [2.75, 3.05) is 14.2 Å². The van der Waals surface area contributed by atoms with Crippen LogP contribution in [0.2, 0.25) is 5.02 Å². The van der Waals surface area contributed by atoms with E-state index in [4.69, 9.17) is 16.3 Å². The predicted molar refractivity (Wildman–Crippen MR) is 95.2 cm³/mol. The summed E-state index contributed by atoms with van der Waals surface area (Å²) in [5, 5.41) is 0.687. The second kappa shape index (κ2) is 7.32. The van der Waals surface area contributed by atoms with Crippen molar-refractivity contribution in [1.29, 1.82) is 0 Å². The van der Waals surface area contributed by atoms with Crippen LogP contribution in [0.3, 0.4) is 0 Å². The zero-order valence-corrected chi connectivity index (χ0v) is 15.8. The third-order valence-corrected chi connectivity index (χ3v) is 4.65. The number of amides is 1. The fourth-order valence-corrected chi connectivity index (χ4v) is 2.97. The summed E-state index contributed by atoms with van der Waals surface area (Å²) in [4.78, 5) is 18.6. The van der Waals surface area contributed by atoms with Gasteiger partial charge in [0.15, 0.2) is 0 Å². The molecule has 2 aromatic rings. The lowest BCUT2D eigenvalue weighted by atomic mass is 10.0. The van der Waals surface area contributed by atoms with E-state index in [0.29, 0.717) is 21.1 Å². The molecule has 0 radical (unpaired) electrons. The molecule has 2 rings (SSSR count). The van der Waals surface area contributed by atoms with Gasteiger partial charge in [-0.15, -0.1) is 0 Å². The van der Waals surface area contributed by atoms with Crippen LogP contribution in [0.5, 0.6) is 5.88 Å². The molecule has 1 atom stereocenters. The van der Waals surface area contributed by atoms with Gasteiger partial charge in [0.1, 0.15) is 5.69 Å². The molecular weight excluding hydrogens is 380 g/mol. The second-order valence-electron chi connectivity index (χ2n) is 5.28. The van der Waals surface area contributed by atoms with Crippen molar-refractivity contribution >= 4 is 33.4 Å². The second-order valence-corrected chi connectivity index (χ2v) is 6.57. The van der Waals surface area contributed by atoms with Gasteiger partial charge < -0.3 is 9.64 Å². The van der Waals surface area contributed by atoms with Gasteiger partial charge in [0.25, 0.3) is 5.91 Å². The molecule has 1 aromatic heterocycles. The molecule has 6 heteroatoms. The van der Waals surface area contributed by atoms with Crippen LogP contribution in [0.4, 0.5) is 0 Å². The largest absolute Gasteiger partial charge is 0.480 e. The smallest absolute Gasteiger partial charge is 0.272 e. The number of hydrogen-bond acceptors (Lipinski definition) is 3. The number of nitrogens with zero attached hydrogens (tertiary/aromatic N) is 2. The molecule has 1 heterocycles. The fourth-order valence-electron chi connectivity index (χ4n) is 2.36. The van der Waals surface area contributed by atoms with Crippen molar-refractivity contribution in [1.82, 2.24) is 9.88 Å². The summed E-state index contributed by atoms with van der Waals surface area (Å²) in [7, 11) is 3.28. The third-order valence-electron chi connectivity index (χ3n) is 3.81. The summed E-state index contributed by atoms with van der Waals surface area (Å²) in [6, 6.07) is 9.00. The Bertz CT molecular complexity index is 737. The number of aryl methyl sites for hydroxylation is 1. The Kier molecular flexibility index (Phi) is 5.65. The van der Waals surface area contributed by atoms with E-state index in [1.54, 1.807) is 24.1 Å². The molecule has 1 aromatic carbocycles. The van der Waals surface area contributed by atoms with Crippen molar-refractivity contribution in [3.63, 3.8) is 0 Å². The highest BCUT2D eigenvalue weighted by atomic mass is 79.9. The van der Waals surface area contributed by atoms with Crippen LogP contribution in [0.1, 0.15) is 34.6 Å². The Morgan fingerprint density at radius 1 is 1.35 bits per heavy atom. The van der Waals surface area contributed by atoms with E-state index in [1.807, 2.05) is 32.0 Å². The number of carbonyl (C=O) groups excluding carboxylic acids is 1. The lowest BCUT2D eigenvalue weighted by Gasteiger charge is -2.26. The molecule has 0 fully saturated rings. The molecular formula is C17H18BrClN2O2. The summed E-state index contributed by atoms with van der Waals surface area (Å²) in [5.41, 5.74) is 2.44. The SMILES string of the molecule is COc1nc(C(=O)N(C)C(C)c2ccc(Cl)cc2C)ccc1Br. The standard InChI is InChI=1S/C17H18BrClN2O2/c1-10-9-12(19)5-6-13(10)11(2)21(3)17(22)15-8-7-14(18)16(20-15)23-4/h5-9,11H,1-4H3. The number of methoxy groups -OCH3 is 1. The first kappa shape index (κ1) is 17.8. The van der Waals surface area contributed by atoms with Crippen molar-refractivity contribution in [2.45, 2.75) is 19.9 Å². The number of ether oxygens (including phenoxy) is 1. The first-order valence-corrected chi connectivity index (χ1v) is 8.26. The van der Waals surface area contributed by atoms with Crippen molar-refractivity contribution in [3.05, 3.63) is 56.6 Å². The van der Waals surface area contributed by atoms with E-state index < -0.39 is 0 Å². The highest BCUT2D eigenvalue weighted by Crippen LogP contribution is 2.27. The van der Waals surface area contributed by atoms with Crippen LogP contribution >= 0.6 is 27.5 Å². The molecule has 0 spiro atoms. The van der Waals surface area contributed by atoms with Gasteiger partial charge in [-0.3, -0.25) is 4.79 Å². The number of benzene rings is 1. The van der Waals surface area contributed by atoms with Crippen LogP contribution < -0.4 is 4.74 Å². The Balaban J connectivity index is 2.28. The molecule has 0 saturated carbocycles. The van der Waals surface area contributed by atoms with E-state index in [0.717, 1.165) is 11.1 Å². The average molecular weight is 398 g/mol. The molecule has 0 aliphatic rings. The van der Waals surface area contributed by atoms with Gasteiger partial charge in [0, 0.05) is 12.1 Å². The fraction of sp³-hybridized carbons (Fsp3) is 0.294. The third kappa shape index (κ3) is 3.85. The quantitative estimate of drug-likeness (QED) is 0.754. The maximum atomic E-state index is 12.7. The molecule has 1 unspecified atom stereocenters. The Labute approximate surface area is 149 Å². The van der Waals surface area contributed by atoms with E-state index in [-0.39, 0.29) is 11.9 Å². The highest BCUT2D eigenvalue weighted by Gasteiger charge is 2.22. The van der Waals surface area contributed by atoms with Crippen LogP contribution in [0.15, 0.2) is 34.8 Å². The van der Waals surface area contributed by atoms with E-state index in [2.05, 4.69) is 20.9 Å². The van der Waals surface area contributed by atoms with Crippen LogP contribution in [-0.4, -0.2) is 29.9 Å². The summed E-state index contributed by atoms with van der Waals surface area (Å²) in [5.74, 6) is 0.220. The monoisotopic (exact) mass is 396 g/mol. The van der Waals surface area contributed by atoms with Crippen LogP contribution in [0.25, 0.3) is 0 Å². The molecule has 122 valence electrons. The number of aromatic nitrogens is 1. The zero-order valence-electron chi connectivity index (χ0n) is 13.4. The van der Waals surface area contributed by atoms with Gasteiger partial charge in [-0.1, -0.05) is 17.7 Å². The number of pyridine rings is 1. The molecule has 0 aliphatic heterocycles. The first-order chi connectivity index (χ1) is 10.8. The van der Waals surface area contributed by atoms with Gasteiger partial charge in [0.2, 0.25) is 5.88 Å². The number of hydrogen-bond donors (Lipinski definition) is 0. The Hall–Kier alpha value is -1.59. The minimum atomic E-state index is -0.169. The predicted octanol–water partition coefficient (Wildman–Crippen LogP) is 4.65. The Morgan fingerprint density at radius 2 is 2.04 bits per heavy atom. The first-order valence-electron chi connectivity index (χ1n) is 7.09. The summed E-state index contributed by atoms with van der Waals surface area (Å²) in [6.45, 7) is 3.96. The summed E-state index contributed by atoms with van der Waals surface area (Å²) in [6.07, 6.45) is 0. The zero-order chi connectivity index (χ0) is 17.1. The van der Waals surface area contributed by atoms with Crippen molar-refractivity contribution < 1.29 is 9.53 Å². The lowest BCUT2D eigenvalue weighted by molar-refractivity contribution is 0.0735. The Morgan fingerprint density at radius 3 is 2.65 bits per heavy atom. The lowest BCUT2D eigenvalue weighted by Crippen LogP contribution is -2.30. The van der Waals surface area contributed by atoms with Gasteiger partial charge >= 0.3 is 0 Å². The summed E-state index contributed by atoms with van der Waals surface area (Å²) < 4.78 is 5.86. The van der Waals surface area contributed by atoms with E-state index >= 15 is 0 Å². The molecule has 1 amide bonds. The maximum absolute atomic E-state index is 12.7. The molecule has 23 heavy (non-hydrogen) atoms. The number of rotatable bonds is 4. The molecule has 0 bridgehead atoms. The van der Waals surface area contributed by atoms with Gasteiger partial charge in [0.05, 0.1) is 17.6 Å². The van der Waals surface area contributed by atoms with Gasteiger partial charge in [-0.2, -0.15) is 0 Å². The van der Waals surface area contributed by atoms with Gasteiger partial charge in [-0.25, -0.2) is 4.98 Å². The van der Waals surface area contributed by atoms with Crippen LogP contribution in [-0.2, 0) is 0 Å². The number of carbonyl (C=O) groups is 1. The van der Waals surface area contributed by atoms with Crippen LogP contribution in [0, 0.1) is 6.92 Å². The molecule has 0 N–H and O–H groups in total. The van der Waals surface area contributed by atoms with E-state index in [9.17, 15) is 4.79 Å². The molecule has 0 aliphatic carbocycles.